The number of nitrogens with one attached hydrogen (secondary N) is 1. The van der Waals surface area contributed by atoms with E-state index >= 15 is 0 Å². The lowest BCUT2D eigenvalue weighted by molar-refractivity contribution is -0.146. The van der Waals surface area contributed by atoms with Gasteiger partial charge in [-0.3, -0.25) is 9.59 Å². The SMILES string of the molecule is CC(C)(CNC(=O)C(N)CCS(C)(=O)=O)C(=O)O. The second kappa shape index (κ2) is 6.14. The predicted octanol–water partition coefficient (Wildman–Crippen LogP) is -1.02. The minimum absolute atomic E-state index is 0.0121. The number of carbonyl (C=O) groups is 2. The Balaban J connectivity index is 4.22. The van der Waals surface area contributed by atoms with Crippen molar-refractivity contribution in [3.05, 3.63) is 0 Å². The molecule has 0 spiro atoms. The van der Waals surface area contributed by atoms with Crippen molar-refractivity contribution in [1.82, 2.24) is 5.32 Å². The molecule has 0 aliphatic rings. The summed E-state index contributed by atoms with van der Waals surface area (Å²) >= 11 is 0. The third kappa shape index (κ3) is 6.55. The molecule has 8 heteroatoms. The number of rotatable bonds is 7. The smallest absolute Gasteiger partial charge is 0.310 e. The summed E-state index contributed by atoms with van der Waals surface area (Å²) in [7, 11) is -3.16. The van der Waals surface area contributed by atoms with E-state index in [1.54, 1.807) is 0 Å². The molecule has 18 heavy (non-hydrogen) atoms. The molecule has 7 nitrogen and oxygen atoms in total. The van der Waals surface area contributed by atoms with Gasteiger partial charge in [0.05, 0.1) is 17.2 Å². The number of carbonyl (C=O) groups excluding carboxylic acids is 1. The van der Waals surface area contributed by atoms with Gasteiger partial charge in [-0.2, -0.15) is 0 Å². The summed E-state index contributed by atoms with van der Waals surface area (Å²) in [6, 6.07) is -0.954. The lowest BCUT2D eigenvalue weighted by Gasteiger charge is -2.20. The zero-order chi connectivity index (χ0) is 14.6. The average Bonchev–Trinajstić information content (AvgIpc) is 2.21. The number of hydrogen-bond acceptors (Lipinski definition) is 5. The Hall–Kier alpha value is -1.15. The zero-order valence-electron chi connectivity index (χ0n) is 10.8. The third-order valence-corrected chi connectivity index (χ3v) is 3.40. The quantitative estimate of drug-likeness (QED) is 0.547. The summed E-state index contributed by atoms with van der Waals surface area (Å²) in [6.45, 7) is 2.88. The molecule has 4 N–H and O–H groups in total. The van der Waals surface area contributed by atoms with E-state index in [2.05, 4.69) is 5.32 Å². The largest absolute Gasteiger partial charge is 0.481 e. The van der Waals surface area contributed by atoms with E-state index in [0.29, 0.717) is 0 Å². The van der Waals surface area contributed by atoms with Crippen LogP contribution in [0.3, 0.4) is 0 Å². The fraction of sp³-hybridized carbons (Fsp3) is 0.800. The normalized spacial score (nSPS) is 14.0. The molecule has 0 fully saturated rings. The van der Waals surface area contributed by atoms with Crippen LogP contribution in [-0.4, -0.2) is 50.0 Å². The highest BCUT2D eigenvalue weighted by atomic mass is 32.2. The third-order valence-electron chi connectivity index (χ3n) is 2.42. The lowest BCUT2D eigenvalue weighted by Crippen LogP contribution is -2.46. The van der Waals surface area contributed by atoms with Crippen LogP contribution in [0.4, 0.5) is 0 Å². The summed E-state index contributed by atoms with van der Waals surface area (Å²) in [5.74, 6) is -1.76. The van der Waals surface area contributed by atoms with Crippen molar-refractivity contribution in [3.63, 3.8) is 0 Å². The lowest BCUT2D eigenvalue weighted by atomic mass is 9.94. The van der Waals surface area contributed by atoms with Gasteiger partial charge in [-0.15, -0.1) is 0 Å². The first-order chi connectivity index (χ1) is 7.96. The second-order valence-corrected chi connectivity index (χ2v) is 7.19. The minimum Gasteiger partial charge on any atom is -0.481 e. The van der Waals surface area contributed by atoms with Crippen LogP contribution >= 0.6 is 0 Å². The topological polar surface area (TPSA) is 127 Å². The van der Waals surface area contributed by atoms with Crippen LogP contribution in [-0.2, 0) is 19.4 Å². The van der Waals surface area contributed by atoms with Crippen LogP contribution in [0.1, 0.15) is 20.3 Å². The Labute approximate surface area is 107 Å². The molecule has 0 aromatic carbocycles. The van der Waals surface area contributed by atoms with Crippen LogP contribution in [0.25, 0.3) is 0 Å². The minimum atomic E-state index is -3.16. The molecule has 0 aromatic heterocycles. The van der Waals surface area contributed by atoms with Crippen molar-refractivity contribution in [3.8, 4) is 0 Å². The van der Waals surface area contributed by atoms with Gasteiger partial charge in [0.2, 0.25) is 5.91 Å². The molecule has 1 unspecified atom stereocenters. The van der Waals surface area contributed by atoms with Gasteiger partial charge in [0.1, 0.15) is 9.84 Å². The highest BCUT2D eigenvalue weighted by molar-refractivity contribution is 7.90. The van der Waals surface area contributed by atoms with E-state index < -0.39 is 33.2 Å². The molecule has 0 rings (SSSR count). The highest BCUT2D eigenvalue weighted by Gasteiger charge is 2.28. The molecule has 0 aromatic rings. The van der Waals surface area contributed by atoms with Gasteiger partial charge in [-0.1, -0.05) is 0 Å². The molecule has 0 radical (unpaired) electrons. The zero-order valence-corrected chi connectivity index (χ0v) is 11.6. The molecule has 106 valence electrons. The Morgan fingerprint density at radius 1 is 1.39 bits per heavy atom. The van der Waals surface area contributed by atoms with E-state index in [-0.39, 0.29) is 18.7 Å². The van der Waals surface area contributed by atoms with Gasteiger partial charge < -0.3 is 16.2 Å². The number of nitrogens with two attached hydrogens (primary N) is 1. The van der Waals surface area contributed by atoms with Gasteiger partial charge in [0.15, 0.2) is 0 Å². The monoisotopic (exact) mass is 280 g/mol. The van der Waals surface area contributed by atoms with E-state index in [9.17, 15) is 18.0 Å². The first-order valence-corrected chi connectivity index (χ1v) is 7.46. The number of carboxylic acids is 1. The van der Waals surface area contributed by atoms with E-state index in [0.717, 1.165) is 6.26 Å². The van der Waals surface area contributed by atoms with Crippen LogP contribution in [0.15, 0.2) is 0 Å². The van der Waals surface area contributed by atoms with Gasteiger partial charge in [0, 0.05) is 12.8 Å². The van der Waals surface area contributed by atoms with Crippen molar-refractivity contribution < 1.29 is 23.1 Å². The Kier molecular flexibility index (Phi) is 5.75. The molecule has 0 heterocycles. The number of hydrogen-bond donors (Lipinski definition) is 3. The fourth-order valence-corrected chi connectivity index (χ4v) is 1.67. The molecule has 0 saturated heterocycles. The maximum Gasteiger partial charge on any atom is 0.310 e. The first kappa shape index (κ1) is 16.9. The summed E-state index contributed by atoms with van der Waals surface area (Å²) in [4.78, 5) is 22.3. The molecule has 1 amide bonds. The summed E-state index contributed by atoms with van der Waals surface area (Å²) < 4.78 is 21.8. The van der Waals surface area contributed by atoms with Gasteiger partial charge in [0.25, 0.3) is 0 Å². The van der Waals surface area contributed by atoms with Crippen molar-refractivity contribution in [2.75, 3.05) is 18.6 Å². The van der Waals surface area contributed by atoms with E-state index in [1.165, 1.54) is 13.8 Å². The second-order valence-electron chi connectivity index (χ2n) is 4.93. The molecular weight excluding hydrogens is 260 g/mol. The van der Waals surface area contributed by atoms with E-state index in [1.807, 2.05) is 0 Å². The molecule has 0 bridgehead atoms. The molecular formula is C10H20N2O5S. The van der Waals surface area contributed by atoms with Gasteiger partial charge >= 0.3 is 5.97 Å². The Morgan fingerprint density at radius 2 is 1.89 bits per heavy atom. The van der Waals surface area contributed by atoms with Crippen LogP contribution < -0.4 is 11.1 Å². The fourth-order valence-electron chi connectivity index (χ4n) is 0.987. The number of carboxylic acid groups (broad SMARTS) is 1. The van der Waals surface area contributed by atoms with Crippen molar-refractivity contribution >= 4 is 21.7 Å². The maximum atomic E-state index is 11.5. The Bertz CT molecular complexity index is 416. The Morgan fingerprint density at radius 3 is 2.28 bits per heavy atom. The summed E-state index contributed by atoms with van der Waals surface area (Å²) in [5.41, 5.74) is 4.41. The molecule has 0 aliphatic heterocycles. The number of amides is 1. The van der Waals surface area contributed by atoms with Crippen LogP contribution in [0.5, 0.6) is 0 Å². The van der Waals surface area contributed by atoms with Gasteiger partial charge in [-0.25, -0.2) is 8.42 Å². The summed E-state index contributed by atoms with van der Waals surface area (Å²) in [5, 5.41) is 11.2. The van der Waals surface area contributed by atoms with Crippen molar-refractivity contribution in [2.45, 2.75) is 26.3 Å². The van der Waals surface area contributed by atoms with E-state index in [4.69, 9.17) is 10.8 Å². The number of sulfone groups is 1. The average molecular weight is 280 g/mol. The molecule has 0 aliphatic carbocycles. The number of aliphatic carboxylic acids is 1. The van der Waals surface area contributed by atoms with Crippen LogP contribution in [0.2, 0.25) is 0 Å². The maximum absolute atomic E-state index is 11.5. The summed E-state index contributed by atoms with van der Waals surface area (Å²) in [6.07, 6.45) is 1.07. The predicted molar refractivity (Wildman–Crippen MR) is 66.7 cm³/mol. The standard InChI is InChI=1S/C10H20N2O5S/c1-10(2,9(14)15)6-12-8(13)7(11)4-5-18(3,16)17/h7H,4-6,11H2,1-3H3,(H,12,13)(H,14,15). The molecule has 1 atom stereocenters. The van der Waals surface area contributed by atoms with Gasteiger partial charge in [-0.05, 0) is 20.3 Å². The highest BCUT2D eigenvalue weighted by Crippen LogP contribution is 2.13. The van der Waals surface area contributed by atoms with Crippen LogP contribution in [0, 0.1) is 5.41 Å². The van der Waals surface area contributed by atoms with Crippen molar-refractivity contribution in [1.29, 1.82) is 0 Å². The first-order valence-electron chi connectivity index (χ1n) is 5.40. The molecule has 0 saturated carbocycles. The van der Waals surface area contributed by atoms with Crippen molar-refractivity contribution in [2.24, 2.45) is 11.1 Å².